The van der Waals surface area contributed by atoms with Gasteiger partial charge in [0.05, 0.1) is 6.42 Å². The summed E-state index contributed by atoms with van der Waals surface area (Å²) in [5.41, 5.74) is 2.12. The summed E-state index contributed by atoms with van der Waals surface area (Å²) in [6, 6.07) is 9.70. The summed E-state index contributed by atoms with van der Waals surface area (Å²) < 4.78 is 0. The van der Waals surface area contributed by atoms with E-state index in [1.54, 1.807) is 6.20 Å². The van der Waals surface area contributed by atoms with Crippen molar-refractivity contribution in [3.05, 3.63) is 47.7 Å². The van der Waals surface area contributed by atoms with Crippen LogP contribution in [0.1, 0.15) is 19.4 Å². The van der Waals surface area contributed by atoms with E-state index in [-0.39, 0.29) is 5.91 Å². The molecule has 14 heavy (non-hydrogen) atoms. The van der Waals surface area contributed by atoms with Crippen LogP contribution in [0.25, 0.3) is 0 Å². The lowest BCUT2D eigenvalue weighted by Gasteiger charge is -2.00. The highest BCUT2D eigenvalue weighted by atomic mass is 16.1. The maximum Gasteiger partial charge on any atom is 0.228 e. The molecule has 0 aliphatic carbocycles. The maximum absolute atomic E-state index is 11.4. The molecule has 0 heterocycles. The molecule has 74 valence electrons. The molecule has 2 heteroatoms. The summed E-state index contributed by atoms with van der Waals surface area (Å²) in [4.78, 5) is 11.4. The van der Waals surface area contributed by atoms with E-state index >= 15 is 0 Å². The zero-order valence-corrected chi connectivity index (χ0v) is 8.58. The van der Waals surface area contributed by atoms with Crippen LogP contribution in [0.3, 0.4) is 0 Å². The van der Waals surface area contributed by atoms with Crippen LogP contribution in [-0.4, -0.2) is 5.91 Å². The number of rotatable bonds is 3. The fourth-order valence-corrected chi connectivity index (χ4v) is 1.06. The number of benzene rings is 1. The quantitative estimate of drug-likeness (QED) is 0.776. The van der Waals surface area contributed by atoms with E-state index in [1.807, 2.05) is 44.2 Å². The summed E-state index contributed by atoms with van der Waals surface area (Å²) in [7, 11) is 0. The van der Waals surface area contributed by atoms with E-state index in [2.05, 4.69) is 5.32 Å². The Bertz CT molecular complexity index is 323. The lowest BCUT2D eigenvalue weighted by molar-refractivity contribution is -0.119. The van der Waals surface area contributed by atoms with Gasteiger partial charge in [-0.1, -0.05) is 35.9 Å². The van der Waals surface area contributed by atoms with Gasteiger partial charge < -0.3 is 5.32 Å². The van der Waals surface area contributed by atoms with Crippen molar-refractivity contribution in [2.45, 2.75) is 20.3 Å². The molecule has 1 aromatic carbocycles. The maximum atomic E-state index is 11.4. The molecule has 1 rings (SSSR count). The van der Waals surface area contributed by atoms with Gasteiger partial charge in [-0.15, -0.1) is 0 Å². The molecule has 0 saturated heterocycles. The molecule has 0 aromatic heterocycles. The minimum absolute atomic E-state index is 0.0254. The van der Waals surface area contributed by atoms with Crippen molar-refractivity contribution in [2.75, 3.05) is 0 Å². The summed E-state index contributed by atoms with van der Waals surface area (Å²) in [6.07, 6.45) is 2.16. The van der Waals surface area contributed by atoms with Crippen LogP contribution in [0.4, 0.5) is 0 Å². The standard InChI is InChI=1S/C12H15NO/c1-10(2)9-13-12(14)8-11-6-4-3-5-7-11/h3-7,9H,8H2,1-2H3,(H,13,14). The number of hydrogen-bond acceptors (Lipinski definition) is 1. The Labute approximate surface area is 84.6 Å². The first kappa shape index (κ1) is 10.5. The van der Waals surface area contributed by atoms with Gasteiger partial charge in [0.15, 0.2) is 0 Å². The molecule has 0 aliphatic heterocycles. The molecule has 0 unspecified atom stereocenters. The highest BCUT2D eigenvalue weighted by Gasteiger charge is 1.99. The van der Waals surface area contributed by atoms with Crippen LogP contribution in [-0.2, 0) is 11.2 Å². The van der Waals surface area contributed by atoms with Crippen molar-refractivity contribution in [1.29, 1.82) is 0 Å². The first-order chi connectivity index (χ1) is 6.68. The smallest absolute Gasteiger partial charge is 0.228 e. The van der Waals surface area contributed by atoms with Gasteiger partial charge in [0, 0.05) is 6.20 Å². The van der Waals surface area contributed by atoms with Gasteiger partial charge in [-0.3, -0.25) is 4.79 Å². The van der Waals surface area contributed by atoms with Gasteiger partial charge in [0.25, 0.3) is 0 Å². The first-order valence-corrected chi connectivity index (χ1v) is 4.65. The highest BCUT2D eigenvalue weighted by molar-refractivity contribution is 5.79. The normalized spacial score (nSPS) is 9.29. The minimum atomic E-state index is 0.0254. The van der Waals surface area contributed by atoms with E-state index in [1.165, 1.54) is 0 Å². The molecule has 1 N–H and O–H groups in total. The second-order valence-corrected chi connectivity index (χ2v) is 3.45. The van der Waals surface area contributed by atoms with E-state index in [0.717, 1.165) is 11.1 Å². The largest absolute Gasteiger partial charge is 0.332 e. The molecule has 0 radical (unpaired) electrons. The van der Waals surface area contributed by atoms with E-state index < -0.39 is 0 Å². The average molecular weight is 189 g/mol. The van der Waals surface area contributed by atoms with E-state index in [0.29, 0.717) is 6.42 Å². The Morgan fingerprint density at radius 1 is 1.29 bits per heavy atom. The Kier molecular flexibility index (Phi) is 3.92. The summed E-state index contributed by atoms with van der Waals surface area (Å²) in [5, 5.41) is 2.73. The van der Waals surface area contributed by atoms with Crippen LogP contribution in [0, 0.1) is 0 Å². The molecule has 0 spiro atoms. The highest BCUT2D eigenvalue weighted by Crippen LogP contribution is 1.99. The zero-order chi connectivity index (χ0) is 10.4. The van der Waals surface area contributed by atoms with Gasteiger partial charge in [-0.05, 0) is 19.4 Å². The average Bonchev–Trinajstić information content (AvgIpc) is 2.16. The Morgan fingerprint density at radius 2 is 1.93 bits per heavy atom. The molecule has 0 bridgehead atoms. The lowest BCUT2D eigenvalue weighted by atomic mass is 10.1. The Morgan fingerprint density at radius 3 is 2.50 bits per heavy atom. The van der Waals surface area contributed by atoms with Gasteiger partial charge >= 0.3 is 0 Å². The van der Waals surface area contributed by atoms with Crippen LogP contribution < -0.4 is 5.32 Å². The van der Waals surface area contributed by atoms with E-state index in [4.69, 9.17) is 0 Å². The molecular formula is C12H15NO. The van der Waals surface area contributed by atoms with Crippen molar-refractivity contribution in [2.24, 2.45) is 0 Å². The van der Waals surface area contributed by atoms with Crippen LogP contribution in [0.5, 0.6) is 0 Å². The third-order valence-corrected chi connectivity index (χ3v) is 1.73. The molecule has 1 aromatic rings. The lowest BCUT2D eigenvalue weighted by Crippen LogP contribution is -2.19. The van der Waals surface area contributed by atoms with E-state index in [9.17, 15) is 4.79 Å². The second kappa shape index (κ2) is 5.22. The second-order valence-electron chi connectivity index (χ2n) is 3.45. The first-order valence-electron chi connectivity index (χ1n) is 4.65. The Hall–Kier alpha value is -1.57. The van der Waals surface area contributed by atoms with Crippen molar-refractivity contribution in [3.8, 4) is 0 Å². The summed E-state index contributed by atoms with van der Waals surface area (Å²) in [5.74, 6) is 0.0254. The predicted molar refractivity (Wildman–Crippen MR) is 57.7 cm³/mol. The number of allylic oxidation sites excluding steroid dienone is 1. The fourth-order valence-electron chi connectivity index (χ4n) is 1.06. The zero-order valence-electron chi connectivity index (χ0n) is 8.58. The minimum Gasteiger partial charge on any atom is -0.332 e. The molecule has 0 saturated carbocycles. The number of carbonyl (C=O) groups excluding carboxylic acids is 1. The summed E-state index contributed by atoms with van der Waals surface area (Å²) >= 11 is 0. The van der Waals surface area contributed by atoms with Crippen LogP contribution in [0.15, 0.2) is 42.1 Å². The molecule has 2 nitrogen and oxygen atoms in total. The molecular weight excluding hydrogens is 174 g/mol. The molecule has 0 atom stereocenters. The molecule has 1 amide bonds. The topological polar surface area (TPSA) is 29.1 Å². The Balaban J connectivity index is 2.46. The van der Waals surface area contributed by atoms with Crippen molar-refractivity contribution >= 4 is 5.91 Å². The number of nitrogens with one attached hydrogen (secondary N) is 1. The summed E-state index contributed by atoms with van der Waals surface area (Å²) in [6.45, 7) is 3.89. The third-order valence-electron chi connectivity index (χ3n) is 1.73. The number of hydrogen-bond donors (Lipinski definition) is 1. The van der Waals surface area contributed by atoms with Crippen molar-refractivity contribution in [3.63, 3.8) is 0 Å². The predicted octanol–water partition coefficient (Wildman–Crippen LogP) is 2.27. The van der Waals surface area contributed by atoms with Gasteiger partial charge in [0.1, 0.15) is 0 Å². The van der Waals surface area contributed by atoms with Gasteiger partial charge in [0.2, 0.25) is 5.91 Å². The van der Waals surface area contributed by atoms with Crippen LogP contribution >= 0.6 is 0 Å². The number of carbonyl (C=O) groups is 1. The van der Waals surface area contributed by atoms with Crippen molar-refractivity contribution in [1.82, 2.24) is 5.32 Å². The monoisotopic (exact) mass is 189 g/mol. The van der Waals surface area contributed by atoms with Gasteiger partial charge in [-0.2, -0.15) is 0 Å². The fraction of sp³-hybridized carbons (Fsp3) is 0.250. The number of amides is 1. The van der Waals surface area contributed by atoms with Crippen LogP contribution in [0.2, 0.25) is 0 Å². The SMILES string of the molecule is CC(C)=CNC(=O)Cc1ccccc1. The molecule has 0 aliphatic rings. The third kappa shape index (κ3) is 3.90. The molecule has 0 fully saturated rings. The van der Waals surface area contributed by atoms with Gasteiger partial charge in [-0.25, -0.2) is 0 Å². The van der Waals surface area contributed by atoms with Crippen molar-refractivity contribution < 1.29 is 4.79 Å².